The van der Waals surface area contributed by atoms with Gasteiger partial charge in [0.15, 0.2) is 0 Å². The van der Waals surface area contributed by atoms with Crippen molar-refractivity contribution in [3.63, 3.8) is 0 Å². The van der Waals surface area contributed by atoms with E-state index in [1.807, 2.05) is 25.5 Å². The molecule has 1 atom stereocenters. The second-order valence-corrected chi connectivity index (χ2v) is 11.4. The standard InChI is InChI=1S/C27H36N4O3S/c1-5-31(6-2)35(33,34)24-11-12-25-23(15-24)16-26(29(25)4)27(32)28-17-22-13-14-30(19-22)18-21-9-7-20(3)8-10-21/h7-12,15-16,22H,5-6,13-14,17-19H2,1-4H3,(H,28,32)/t22-/m0/s1. The molecule has 3 aromatic rings. The van der Waals surface area contributed by atoms with Crippen LogP contribution >= 0.6 is 0 Å². The van der Waals surface area contributed by atoms with Crippen molar-refractivity contribution in [3.05, 3.63) is 65.4 Å². The minimum absolute atomic E-state index is 0.131. The van der Waals surface area contributed by atoms with E-state index in [2.05, 4.69) is 41.4 Å². The lowest BCUT2D eigenvalue weighted by atomic mass is 10.1. The van der Waals surface area contributed by atoms with Gasteiger partial charge in [-0.25, -0.2) is 8.42 Å². The SMILES string of the molecule is CCN(CC)S(=O)(=O)c1ccc2c(c1)cc(C(=O)NC[C@@H]1CCN(Cc3ccc(C)cc3)C1)n2C. The van der Waals surface area contributed by atoms with Gasteiger partial charge in [0, 0.05) is 50.7 Å². The Morgan fingerprint density at radius 3 is 2.49 bits per heavy atom. The number of sulfonamides is 1. The Hall–Kier alpha value is -2.68. The minimum atomic E-state index is -3.55. The van der Waals surface area contributed by atoms with Gasteiger partial charge in [0.1, 0.15) is 5.69 Å². The first-order chi connectivity index (χ1) is 16.7. The quantitative estimate of drug-likeness (QED) is 0.489. The van der Waals surface area contributed by atoms with Crippen LogP contribution in [0.2, 0.25) is 0 Å². The van der Waals surface area contributed by atoms with Crippen LogP contribution in [0.15, 0.2) is 53.4 Å². The highest BCUT2D eigenvalue weighted by Gasteiger charge is 2.25. The highest BCUT2D eigenvalue weighted by Crippen LogP contribution is 2.25. The van der Waals surface area contributed by atoms with E-state index in [4.69, 9.17) is 0 Å². The molecule has 7 nitrogen and oxygen atoms in total. The van der Waals surface area contributed by atoms with E-state index in [9.17, 15) is 13.2 Å². The fourth-order valence-electron chi connectivity index (χ4n) is 4.92. The molecule has 1 aliphatic rings. The number of amides is 1. The predicted molar refractivity (Wildman–Crippen MR) is 140 cm³/mol. The summed E-state index contributed by atoms with van der Waals surface area (Å²) in [7, 11) is -1.71. The van der Waals surface area contributed by atoms with Crippen molar-refractivity contribution in [2.75, 3.05) is 32.7 Å². The van der Waals surface area contributed by atoms with E-state index in [1.54, 1.807) is 24.3 Å². The molecule has 1 saturated heterocycles. The van der Waals surface area contributed by atoms with Crippen LogP contribution in [0.5, 0.6) is 0 Å². The number of rotatable bonds is 9. The number of nitrogens with one attached hydrogen (secondary N) is 1. The summed E-state index contributed by atoms with van der Waals surface area (Å²) in [6, 6.07) is 15.5. The van der Waals surface area contributed by atoms with E-state index in [1.165, 1.54) is 15.4 Å². The lowest BCUT2D eigenvalue weighted by molar-refractivity contribution is 0.0939. The molecular formula is C27H36N4O3S. The molecule has 2 aromatic carbocycles. The summed E-state index contributed by atoms with van der Waals surface area (Å²) in [6.45, 7) is 10.2. The Kier molecular flexibility index (Phi) is 7.64. The first kappa shape index (κ1) is 25.4. The molecular weight excluding hydrogens is 460 g/mol. The molecule has 0 unspecified atom stereocenters. The van der Waals surface area contributed by atoms with Gasteiger partial charge in [0.25, 0.3) is 5.91 Å². The molecule has 1 fully saturated rings. The summed E-state index contributed by atoms with van der Waals surface area (Å²) in [5, 5.41) is 3.85. The molecule has 2 heterocycles. The summed E-state index contributed by atoms with van der Waals surface area (Å²) in [5.41, 5.74) is 3.95. The molecule has 1 N–H and O–H groups in total. The topological polar surface area (TPSA) is 74.7 Å². The molecule has 0 spiro atoms. The number of aryl methyl sites for hydroxylation is 2. The van der Waals surface area contributed by atoms with Crippen LogP contribution in [0.25, 0.3) is 10.9 Å². The Labute approximate surface area is 208 Å². The zero-order chi connectivity index (χ0) is 25.2. The number of carbonyl (C=O) groups is 1. The summed E-state index contributed by atoms with van der Waals surface area (Å²) < 4.78 is 29.1. The molecule has 0 radical (unpaired) electrons. The average Bonchev–Trinajstić information content (AvgIpc) is 3.43. The van der Waals surface area contributed by atoms with Crippen LogP contribution < -0.4 is 5.32 Å². The van der Waals surface area contributed by atoms with Crippen molar-refractivity contribution in [2.24, 2.45) is 13.0 Å². The highest BCUT2D eigenvalue weighted by atomic mass is 32.2. The van der Waals surface area contributed by atoms with Gasteiger partial charge in [-0.05, 0) is 55.6 Å². The molecule has 35 heavy (non-hydrogen) atoms. The van der Waals surface area contributed by atoms with E-state index in [0.717, 1.165) is 37.0 Å². The van der Waals surface area contributed by atoms with Gasteiger partial charge < -0.3 is 9.88 Å². The third-order valence-corrected chi connectivity index (χ3v) is 9.08. The van der Waals surface area contributed by atoms with Gasteiger partial charge >= 0.3 is 0 Å². The minimum Gasteiger partial charge on any atom is -0.350 e. The van der Waals surface area contributed by atoms with Gasteiger partial charge in [0.05, 0.1) is 4.90 Å². The molecule has 0 bridgehead atoms. The van der Waals surface area contributed by atoms with Crippen molar-refractivity contribution in [3.8, 4) is 0 Å². The second kappa shape index (κ2) is 10.5. The number of carbonyl (C=O) groups excluding carboxylic acids is 1. The third-order valence-electron chi connectivity index (χ3n) is 7.04. The maximum atomic E-state index is 13.0. The largest absolute Gasteiger partial charge is 0.350 e. The van der Waals surface area contributed by atoms with Crippen LogP contribution in [0.4, 0.5) is 0 Å². The third kappa shape index (κ3) is 5.44. The molecule has 1 aliphatic heterocycles. The molecule has 4 rings (SSSR count). The van der Waals surface area contributed by atoms with Gasteiger partial charge in [-0.15, -0.1) is 0 Å². The van der Waals surface area contributed by atoms with Gasteiger partial charge in [-0.1, -0.05) is 43.7 Å². The number of hydrogen-bond acceptors (Lipinski definition) is 4. The van der Waals surface area contributed by atoms with E-state index >= 15 is 0 Å². The van der Waals surface area contributed by atoms with Crippen molar-refractivity contribution in [1.29, 1.82) is 0 Å². The van der Waals surface area contributed by atoms with Crippen LogP contribution in [0, 0.1) is 12.8 Å². The first-order valence-corrected chi connectivity index (χ1v) is 13.8. The predicted octanol–water partition coefficient (Wildman–Crippen LogP) is 3.77. The first-order valence-electron chi connectivity index (χ1n) is 12.4. The lowest BCUT2D eigenvalue weighted by Gasteiger charge is -2.18. The molecule has 1 aromatic heterocycles. The van der Waals surface area contributed by atoms with Gasteiger partial charge in [-0.3, -0.25) is 9.69 Å². The number of aromatic nitrogens is 1. The van der Waals surface area contributed by atoms with E-state index < -0.39 is 10.0 Å². The molecule has 0 aliphatic carbocycles. The van der Waals surface area contributed by atoms with Gasteiger partial charge in [0.2, 0.25) is 10.0 Å². The molecule has 0 saturated carbocycles. The van der Waals surface area contributed by atoms with Gasteiger partial charge in [-0.2, -0.15) is 4.31 Å². The Balaban J connectivity index is 1.40. The zero-order valence-electron chi connectivity index (χ0n) is 21.1. The van der Waals surface area contributed by atoms with Crippen molar-refractivity contribution in [2.45, 2.75) is 38.6 Å². The van der Waals surface area contributed by atoms with Crippen molar-refractivity contribution in [1.82, 2.24) is 19.1 Å². The summed E-state index contributed by atoms with van der Waals surface area (Å²) in [4.78, 5) is 15.7. The number of nitrogens with zero attached hydrogens (tertiary/aromatic N) is 3. The van der Waals surface area contributed by atoms with Crippen molar-refractivity contribution >= 4 is 26.8 Å². The number of hydrogen-bond donors (Lipinski definition) is 1. The second-order valence-electron chi connectivity index (χ2n) is 9.48. The maximum Gasteiger partial charge on any atom is 0.267 e. The Morgan fingerprint density at radius 1 is 1.09 bits per heavy atom. The van der Waals surface area contributed by atoms with Crippen LogP contribution in [-0.4, -0.2) is 60.8 Å². The van der Waals surface area contributed by atoms with Crippen molar-refractivity contribution < 1.29 is 13.2 Å². The Morgan fingerprint density at radius 2 is 1.80 bits per heavy atom. The monoisotopic (exact) mass is 496 g/mol. The normalized spacial score (nSPS) is 16.9. The number of likely N-dealkylation sites (tertiary alicyclic amines) is 1. The van der Waals surface area contributed by atoms with Crippen LogP contribution in [-0.2, 0) is 23.6 Å². The lowest BCUT2D eigenvalue weighted by Crippen LogP contribution is -2.31. The zero-order valence-corrected chi connectivity index (χ0v) is 21.9. The fraction of sp³-hybridized carbons (Fsp3) is 0.444. The molecule has 1 amide bonds. The average molecular weight is 497 g/mol. The van der Waals surface area contributed by atoms with Crippen LogP contribution in [0.3, 0.4) is 0 Å². The van der Waals surface area contributed by atoms with E-state index in [-0.39, 0.29) is 10.8 Å². The summed E-state index contributed by atoms with van der Waals surface area (Å²) >= 11 is 0. The highest BCUT2D eigenvalue weighted by molar-refractivity contribution is 7.89. The van der Waals surface area contributed by atoms with E-state index in [0.29, 0.717) is 31.2 Å². The number of benzene rings is 2. The smallest absolute Gasteiger partial charge is 0.267 e. The summed E-state index contributed by atoms with van der Waals surface area (Å²) in [6.07, 6.45) is 1.06. The maximum absolute atomic E-state index is 13.0. The summed E-state index contributed by atoms with van der Waals surface area (Å²) in [5.74, 6) is 0.290. The Bertz CT molecular complexity index is 1290. The van der Waals surface area contributed by atoms with Crippen LogP contribution in [0.1, 0.15) is 41.9 Å². The fourth-order valence-corrected chi connectivity index (χ4v) is 6.41. The number of fused-ring (bicyclic) bond motifs is 1. The molecule has 188 valence electrons. The molecule has 8 heteroatoms.